The summed E-state index contributed by atoms with van der Waals surface area (Å²) in [6.45, 7) is 2.06. The van der Waals surface area contributed by atoms with Crippen LogP contribution in [-0.4, -0.2) is 49.1 Å². The van der Waals surface area contributed by atoms with Crippen LogP contribution in [0.15, 0.2) is 29.2 Å². The second-order valence-electron chi connectivity index (χ2n) is 6.06. The van der Waals surface area contributed by atoms with E-state index in [1.165, 1.54) is 6.07 Å². The number of hydrogen-bond donors (Lipinski definition) is 1. The average molecular weight is 339 g/mol. The molecule has 126 valence electrons. The first kappa shape index (κ1) is 17.5. The maximum Gasteiger partial charge on any atom is 0.308 e. The van der Waals surface area contributed by atoms with Crippen molar-refractivity contribution < 1.29 is 23.1 Å². The van der Waals surface area contributed by atoms with Gasteiger partial charge in [0.25, 0.3) is 0 Å². The van der Waals surface area contributed by atoms with Gasteiger partial charge in [-0.25, -0.2) is 8.42 Å². The Hall–Kier alpha value is -1.89. The molecule has 1 fully saturated rings. The first-order chi connectivity index (χ1) is 10.7. The number of likely N-dealkylation sites (tertiary alicyclic amines) is 1. The Kier molecular flexibility index (Phi) is 5.09. The van der Waals surface area contributed by atoms with Crippen LogP contribution in [0.4, 0.5) is 0 Å². The molecule has 1 aliphatic rings. The molecule has 2 atom stereocenters. The molecule has 0 saturated carbocycles. The second kappa shape index (κ2) is 6.70. The predicted molar refractivity (Wildman–Crippen MR) is 84.8 cm³/mol. The van der Waals surface area contributed by atoms with E-state index < -0.39 is 21.7 Å². The number of nitrogens with zero attached hydrogens (tertiary/aromatic N) is 1. The standard InChI is InChI=1S/C16H21NO5S/c1-11-7-8-13(16(19)20)10-17(11)15(18)9-12-5-3-4-6-14(12)23(2,21)22/h3-6,11,13H,7-10H2,1-2H3,(H,19,20). The molecule has 7 heteroatoms. The number of amides is 1. The molecule has 2 rings (SSSR count). The molecule has 0 aliphatic carbocycles. The first-order valence-corrected chi connectivity index (χ1v) is 9.39. The molecule has 6 nitrogen and oxygen atoms in total. The lowest BCUT2D eigenvalue weighted by Gasteiger charge is -2.36. The third-order valence-electron chi connectivity index (χ3n) is 4.27. The monoisotopic (exact) mass is 339 g/mol. The number of carboxylic acid groups (broad SMARTS) is 1. The average Bonchev–Trinajstić information content (AvgIpc) is 2.46. The van der Waals surface area contributed by atoms with Crippen LogP contribution in [0.2, 0.25) is 0 Å². The van der Waals surface area contributed by atoms with E-state index in [0.29, 0.717) is 18.4 Å². The molecule has 0 aromatic heterocycles. The van der Waals surface area contributed by atoms with Crippen LogP contribution in [0.5, 0.6) is 0 Å². The largest absolute Gasteiger partial charge is 0.481 e. The van der Waals surface area contributed by atoms with Gasteiger partial charge in [-0.15, -0.1) is 0 Å². The van der Waals surface area contributed by atoms with Crippen LogP contribution >= 0.6 is 0 Å². The number of hydrogen-bond acceptors (Lipinski definition) is 4. The fourth-order valence-electron chi connectivity index (χ4n) is 2.93. The van der Waals surface area contributed by atoms with E-state index in [1.54, 1.807) is 23.1 Å². The van der Waals surface area contributed by atoms with E-state index in [0.717, 1.165) is 6.26 Å². The molecule has 0 bridgehead atoms. The van der Waals surface area contributed by atoms with Gasteiger partial charge in [-0.1, -0.05) is 18.2 Å². The van der Waals surface area contributed by atoms with Crippen LogP contribution in [-0.2, 0) is 25.8 Å². The molecule has 1 aromatic carbocycles. The Morgan fingerprint density at radius 3 is 2.52 bits per heavy atom. The molecule has 0 radical (unpaired) electrons. The smallest absolute Gasteiger partial charge is 0.308 e. The van der Waals surface area contributed by atoms with E-state index in [1.807, 2.05) is 6.92 Å². The van der Waals surface area contributed by atoms with Crippen molar-refractivity contribution in [2.75, 3.05) is 12.8 Å². The molecule has 1 amide bonds. The molecule has 1 aromatic rings. The van der Waals surface area contributed by atoms with E-state index in [2.05, 4.69) is 0 Å². The van der Waals surface area contributed by atoms with E-state index in [4.69, 9.17) is 5.11 Å². The summed E-state index contributed by atoms with van der Waals surface area (Å²) in [5.74, 6) is -1.69. The summed E-state index contributed by atoms with van der Waals surface area (Å²) in [6.07, 6.45) is 2.26. The second-order valence-corrected chi connectivity index (χ2v) is 8.05. The van der Waals surface area contributed by atoms with Crippen molar-refractivity contribution in [2.45, 2.75) is 37.1 Å². The third-order valence-corrected chi connectivity index (χ3v) is 5.46. The summed E-state index contributed by atoms with van der Waals surface area (Å²) in [5, 5.41) is 9.15. The van der Waals surface area contributed by atoms with Crippen molar-refractivity contribution in [3.63, 3.8) is 0 Å². The zero-order valence-corrected chi connectivity index (χ0v) is 14.0. The van der Waals surface area contributed by atoms with Crippen LogP contribution < -0.4 is 0 Å². The lowest BCUT2D eigenvalue weighted by molar-refractivity contribution is -0.147. The van der Waals surface area contributed by atoms with Gasteiger partial charge in [0, 0.05) is 18.8 Å². The first-order valence-electron chi connectivity index (χ1n) is 7.50. The number of piperidine rings is 1. The minimum Gasteiger partial charge on any atom is -0.481 e. The Bertz CT molecular complexity index is 713. The number of carbonyl (C=O) groups excluding carboxylic acids is 1. The van der Waals surface area contributed by atoms with Crippen molar-refractivity contribution in [1.29, 1.82) is 0 Å². The summed E-state index contributed by atoms with van der Waals surface area (Å²) in [7, 11) is -3.41. The number of carbonyl (C=O) groups is 2. The zero-order valence-electron chi connectivity index (χ0n) is 13.2. The van der Waals surface area contributed by atoms with Crippen molar-refractivity contribution in [1.82, 2.24) is 4.90 Å². The van der Waals surface area contributed by atoms with Crippen LogP contribution in [0.1, 0.15) is 25.3 Å². The van der Waals surface area contributed by atoms with E-state index in [-0.39, 0.29) is 29.8 Å². The lowest BCUT2D eigenvalue weighted by Crippen LogP contribution is -2.48. The normalized spacial score (nSPS) is 21.9. The molecule has 0 spiro atoms. The fraction of sp³-hybridized carbons (Fsp3) is 0.500. The Morgan fingerprint density at radius 1 is 1.26 bits per heavy atom. The van der Waals surface area contributed by atoms with Gasteiger partial charge in [-0.3, -0.25) is 9.59 Å². The van der Waals surface area contributed by atoms with Crippen molar-refractivity contribution in [3.05, 3.63) is 29.8 Å². The number of carboxylic acids is 1. The van der Waals surface area contributed by atoms with Gasteiger partial charge in [0.2, 0.25) is 5.91 Å². The summed E-state index contributed by atoms with van der Waals surface area (Å²) in [4.78, 5) is 25.4. The van der Waals surface area contributed by atoms with Gasteiger partial charge < -0.3 is 10.0 Å². The topological polar surface area (TPSA) is 91.8 Å². The zero-order chi connectivity index (χ0) is 17.2. The lowest BCUT2D eigenvalue weighted by atomic mass is 9.93. The molecule has 1 aliphatic heterocycles. The molecule has 23 heavy (non-hydrogen) atoms. The number of rotatable bonds is 4. The van der Waals surface area contributed by atoms with Crippen molar-refractivity contribution in [2.24, 2.45) is 5.92 Å². The van der Waals surface area contributed by atoms with Gasteiger partial charge in [0.1, 0.15) is 0 Å². The predicted octanol–water partition coefficient (Wildman–Crippen LogP) is 1.34. The maximum atomic E-state index is 12.6. The maximum absolute atomic E-state index is 12.6. The number of aliphatic carboxylic acids is 1. The third kappa shape index (κ3) is 4.10. The van der Waals surface area contributed by atoms with Crippen molar-refractivity contribution in [3.8, 4) is 0 Å². The number of benzene rings is 1. The molecular weight excluding hydrogens is 318 g/mol. The van der Waals surface area contributed by atoms with Crippen LogP contribution in [0.3, 0.4) is 0 Å². The summed E-state index contributed by atoms with van der Waals surface area (Å²) in [6, 6.07) is 6.38. The minimum absolute atomic E-state index is 0.0384. The highest BCUT2D eigenvalue weighted by atomic mass is 32.2. The fourth-order valence-corrected chi connectivity index (χ4v) is 3.87. The SMILES string of the molecule is CC1CCC(C(=O)O)CN1C(=O)Cc1ccccc1S(C)(=O)=O. The van der Waals surface area contributed by atoms with E-state index >= 15 is 0 Å². The summed E-state index contributed by atoms with van der Waals surface area (Å²) < 4.78 is 23.6. The van der Waals surface area contributed by atoms with Crippen LogP contribution in [0.25, 0.3) is 0 Å². The quantitative estimate of drug-likeness (QED) is 0.894. The summed E-state index contributed by atoms with van der Waals surface area (Å²) in [5.41, 5.74) is 0.449. The van der Waals surface area contributed by atoms with Gasteiger partial charge in [0.15, 0.2) is 9.84 Å². The Morgan fingerprint density at radius 2 is 1.91 bits per heavy atom. The molecule has 1 saturated heterocycles. The van der Waals surface area contributed by atoms with Crippen LogP contribution in [0, 0.1) is 5.92 Å². The summed E-state index contributed by atoms with van der Waals surface area (Å²) >= 11 is 0. The number of sulfone groups is 1. The van der Waals surface area contributed by atoms with Crippen molar-refractivity contribution >= 4 is 21.7 Å². The highest BCUT2D eigenvalue weighted by Crippen LogP contribution is 2.24. The minimum atomic E-state index is -3.41. The molecule has 1 heterocycles. The molecule has 1 N–H and O–H groups in total. The van der Waals surface area contributed by atoms with Gasteiger partial charge in [0.05, 0.1) is 17.2 Å². The highest BCUT2D eigenvalue weighted by Gasteiger charge is 2.32. The van der Waals surface area contributed by atoms with Gasteiger partial charge >= 0.3 is 5.97 Å². The Labute approximate surface area is 136 Å². The molecular formula is C16H21NO5S. The highest BCUT2D eigenvalue weighted by molar-refractivity contribution is 7.90. The van der Waals surface area contributed by atoms with Gasteiger partial charge in [-0.2, -0.15) is 0 Å². The van der Waals surface area contributed by atoms with Gasteiger partial charge in [-0.05, 0) is 31.4 Å². The van der Waals surface area contributed by atoms with E-state index in [9.17, 15) is 18.0 Å². The molecule has 2 unspecified atom stereocenters. The Balaban J connectivity index is 2.20.